The van der Waals surface area contributed by atoms with Crippen molar-refractivity contribution in [3.05, 3.63) is 27.8 Å². The number of nitro groups is 1. The van der Waals surface area contributed by atoms with E-state index < -0.39 is 22.4 Å². The Bertz CT molecular complexity index is 637. The third kappa shape index (κ3) is 3.82. The molecule has 0 spiro atoms. The Morgan fingerprint density at radius 1 is 0.840 bits per heavy atom. The highest BCUT2D eigenvalue weighted by Gasteiger charge is 2.39. The molecule has 25 heavy (non-hydrogen) atoms. The van der Waals surface area contributed by atoms with E-state index in [0.29, 0.717) is 31.9 Å². The highest BCUT2D eigenvalue weighted by atomic mass is 19.4. The summed E-state index contributed by atoms with van der Waals surface area (Å²) in [4.78, 5) is 14.3. The van der Waals surface area contributed by atoms with Crippen molar-refractivity contribution in [2.75, 3.05) is 36.0 Å². The normalized spacial score (nSPS) is 19.2. The molecule has 5 nitrogen and oxygen atoms in total. The predicted molar refractivity (Wildman–Crippen MR) is 90.2 cm³/mol. The van der Waals surface area contributed by atoms with Gasteiger partial charge in [0.15, 0.2) is 0 Å². The van der Waals surface area contributed by atoms with E-state index >= 15 is 0 Å². The van der Waals surface area contributed by atoms with Crippen LogP contribution in [0.15, 0.2) is 12.1 Å². The van der Waals surface area contributed by atoms with Gasteiger partial charge in [-0.3, -0.25) is 10.1 Å². The molecule has 138 valence electrons. The van der Waals surface area contributed by atoms with E-state index in [0.717, 1.165) is 44.6 Å². The fourth-order valence-electron chi connectivity index (χ4n) is 3.72. The molecule has 1 aromatic rings. The zero-order valence-corrected chi connectivity index (χ0v) is 14.0. The summed E-state index contributed by atoms with van der Waals surface area (Å²) in [5.74, 6) is 0. The standard InChI is InChI=1S/C17H22F3N3O2/c18-17(19,20)13-11-16(23(24)25)15(22-9-5-2-6-10-22)12-14(13)21-7-3-1-4-8-21/h11-12H,1-10H2. The maximum atomic E-state index is 13.6. The molecule has 0 saturated carbocycles. The van der Waals surface area contributed by atoms with Crippen molar-refractivity contribution >= 4 is 17.1 Å². The van der Waals surface area contributed by atoms with Gasteiger partial charge < -0.3 is 9.80 Å². The van der Waals surface area contributed by atoms with Crippen LogP contribution in [0, 0.1) is 10.1 Å². The van der Waals surface area contributed by atoms with E-state index in [-0.39, 0.29) is 5.69 Å². The monoisotopic (exact) mass is 357 g/mol. The van der Waals surface area contributed by atoms with Crippen LogP contribution in [-0.2, 0) is 6.18 Å². The van der Waals surface area contributed by atoms with Crippen LogP contribution in [0.2, 0.25) is 0 Å². The molecule has 0 radical (unpaired) electrons. The molecular formula is C17H22F3N3O2. The lowest BCUT2D eigenvalue weighted by molar-refractivity contribution is -0.384. The number of halogens is 3. The average Bonchev–Trinajstić information content (AvgIpc) is 2.61. The number of hydrogen-bond acceptors (Lipinski definition) is 4. The Balaban J connectivity index is 2.11. The van der Waals surface area contributed by atoms with Gasteiger partial charge in [-0.1, -0.05) is 0 Å². The molecule has 0 unspecified atom stereocenters. The number of nitrogens with zero attached hydrogens (tertiary/aromatic N) is 3. The highest BCUT2D eigenvalue weighted by molar-refractivity contribution is 5.74. The van der Waals surface area contributed by atoms with Gasteiger partial charge in [-0.05, 0) is 44.6 Å². The van der Waals surface area contributed by atoms with E-state index in [2.05, 4.69) is 0 Å². The van der Waals surface area contributed by atoms with Gasteiger partial charge in [0.2, 0.25) is 0 Å². The minimum Gasteiger partial charge on any atom is -0.371 e. The molecule has 0 aromatic heterocycles. The quantitative estimate of drug-likeness (QED) is 0.586. The molecule has 3 rings (SSSR count). The molecule has 0 aliphatic carbocycles. The summed E-state index contributed by atoms with van der Waals surface area (Å²) in [5.41, 5.74) is -0.950. The van der Waals surface area contributed by atoms with Crippen molar-refractivity contribution < 1.29 is 18.1 Å². The predicted octanol–water partition coefficient (Wildman–Crippen LogP) is 4.59. The molecular weight excluding hydrogens is 335 g/mol. The minimum absolute atomic E-state index is 0.0818. The summed E-state index contributed by atoms with van der Waals surface area (Å²) in [6.07, 6.45) is 0.917. The molecule has 2 saturated heterocycles. The van der Waals surface area contributed by atoms with Gasteiger partial charge in [0.1, 0.15) is 5.69 Å². The molecule has 1 aromatic carbocycles. The Labute approximate surface area is 144 Å². The van der Waals surface area contributed by atoms with Crippen LogP contribution >= 0.6 is 0 Å². The van der Waals surface area contributed by atoms with Gasteiger partial charge in [-0.25, -0.2) is 0 Å². The van der Waals surface area contributed by atoms with Crippen LogP contribution in [-0.4, -0.2) is 31.1 Å². The van der Waals surface area contributed by atoms with Crippen molar-refractivity contribution in [2.45, 2.75) is 44.7 Å². The zero-order valence-electron chi connectivity index (χ0n) is 14.0. The summed E-state index contributed by atoms with van der Waals surface area (Å²) in [7, 11) is 0. The number of alkyl halides is 3. The lowest BCUT2D eigenvalue weighted by Crippen LogP contribution is -2.33. The smallest absolute Gasteiger partial charge is 0.371 e. The van der Waals surface area contributed by atoms with Crippen LogP contribution in [0.5, 0.6) is 0 Å². The Hall–Kier alpha value is -1.99. The fourth-order valence-corrected chi connectivity index (χ4v) is 3.72. The molecule has 0 bridgehead atoms. The maximum absolute atomic E-state index is 13.6. The third-order valence-corrected chi connectivity index (χ3v) is 4.99. The number of hydrogen-bond donors (Lipinski definition) is 0. The van der Waals surface area contributed by atoms with Crippen LogP contribution in [0.4, 0.5) is 30.2 Å². The first-order chi connectivity index (χ1) is 11.9. The molecule has 8 heteroatoms. The number of rotatable bonds is 3. The van der Waals surface area contributed by atoms with Crippen molar-refractivity contribution in [1.29, 1.82) is 0 Å². The van der Waals surface area contributed by atoms with Gasteiger partial charge in [0.25, 0.3) is 5.69 Å². The first-order valence-corrected chi connectivity index (χ1v) is 8.77. The van der Waals surface area contributed by atoms with Gasteiger partial charge >= 0.3 is 6.18 Å². The number of nitro benzene ring substituents is 1. The molecule has 0 atom stereocenters. The fraction of sp³-hybridized carbons (Fsp3) is 0.647. The van der Waals surface area contributed by atoms with E-state index in [9.17, 15) is 23.3 Å². The van der Waals surface area contributed by atoms with E-state index in [4.69, 9.17) is 0 Å². The van der Waals surface area contributed by atoms with Crippen molar-refractivity contribution in [2.24, 2.45) is 0 Å². The lowest BCUT2D eigenvalue weighted by Gasteiger charge is -2.33. The van der Waals surface area contributed by atoms with Crippen LogP contribution in [0.1, 0.15) is 44.1 Å². The maximum Gasteiger partial charge on any atom is 0.418 e. The van der Waals surface area contributed by atoms with Crippen LogP contribution in [0.25, 0.3) is 0 Å². The summed E-state index contributed by atoms with van der Waals surface area (Å²) >= 11 is 0. The van der Waals surface area contributed by atoms with Crippen molar-refractivity contribution in [1.82, 2.24) is 0 Å². The molecule has 2 fully saturated rings. The summed E-state index contributed by atoms with van der Waals surface area (Å²) in [6.45, 7) is 2.40. The molecule has 2 aliphatic heterocycles. The molecule has 0 amide bonds. The molecule has 0 N–H and O–H groups in total. The highest BCUT2D eigenvalue weighted by Crippen LogP contribution is 2.44. The van der Waals surface area contributed by atoms with E-state index in [1.165, 1.54) is 6.07 Å². The SMILES string of the molecule is O=[N+]([O-])c1cc(C(F)(F)F)c(N2CCCCC2)cc1N1CCCCC1. The second kappa shape index (κ2) is 7.09. The first-order valence-electron chi connectivity index (χ1n) is 8.77. The van der Waals surface area contributed by atoms with Gasteiger partial charge in [-0.2, -0.15) is 13.2 Å². The molecule has 2 heterocycles. The second-order valence-electron chi connectivity index (χ2n) is 6.71. The Morgan fingerprint density at radius 2 is 1.32 bits per heavy atom. The van der Waals surface area contributed by atoms with Crippen LogP contribution < -0.4 is 9.80 Å². The second-order valence-corrected chi connectivity index (χ2v) is 6.71. The summed E-state index contributed by atoms with van der Waals surface area (Å²) in [6, 6.07) is 2.13. The van der Waals surface area contributed by atoms with Gasteiger partial charge in [0.05, 0.1) is 16.2 Å². The summed E-state index contributed by atoms with van der Waals surface area (Å²) in [5, 5.41) is 11.4. The zero-order chi connectivity index (χ0) is 18.0. The first kappa shape index (κ1) is 17.8. The third-order valence-electron chi connectivity index (χ3n) is 4.99. The number of benzene rings is 1. The Kier molecular flexibility index (Phi) is 5.06. The summed E-state index contributed by atoms with van der Waals surface area (Å²) < 4.78 is 40.7. The van der Waals surface area contributed by atoms with E-state index in [1.807, 2.05) is 4.90 Å². The van der Waals surface area contributed by atoms with E-state index in [1.54, 1.807) is 4.90 Å². The number of piperidine rings is 2. The molecule has 2 aliphatic rings. The topological polar surface area (TPSA) is 49.6 Å². The largest absolute Gasteiger partial charge is 0.418 e. The number of anilines is 2. The van der Waals surface area contributed by atoms with Crippen molar-refractivity contribution in [3.63, 3.8) is 0 Å². The minimum atomic E-state index is -4.61. The van der Waals surface area contributed by atoms with Gasteiger partial charge in [0, 0.05) is 32.2 Å². The Morgan fingerprint density at radius 3 is 1.76 bits per heavy atom. The van der Waals surface area contributed by atoms with Crippen molar-refractivity contribution in [3.8, 4) is 0 Å². The van der Waals surface area contributed by atoms with Gasteiger partial charge in [-0.15, -0.1) is 0 Å². The lowest BCUT2D eigenvalue weighted by atomic mass is 10.0. The average molecular weight is 357 g/mol. The van der Waals surface area contributed by atoms with Crippen LogP contribution in [0.3, 0.4) is 0 Å².